The third-order valence-electron chi connectivity index (χ3n) is 1.73. The largest absolute Gasteiger partial charge is 0.394 e. The molecule has 1 aromatic rings. The highest BCUT2D eigenvalue weighted by Gasteiger charge is 2.07. The molecule has 0 aromatic carbocycles. The van der Waals surface area contributed by atoms with E-state index in [0.717, 1.165) is 5.16 Å². The molecule has 0 unspecified atom stereocenters. The van der Waals surface area contributed by atoms with E-state index in [1.165, 1.54) is 11.8 Å². The third kappa shape index (κ3) is 4.65. The Balaban J connectivity index is 2.16. The Bertz CT molecular complexity index is 280. The Morgan fingerprint density at radius 3 is 3.07 bits per heavy atom. The standard InChI is InChI=1S/C9H16N2O3S/c1-11-3-2-10-9(11)15-7-8(13)6-14-5-4-12/h2-3,8,12-13H,4-7H2,1H3/t8-/m0/s1. The number of aryl methyl sites for hydroxylation is 1. The number of aliphatic hydroxyl groups is 2. The van der Waals surface area contributed by atoms with Crippen LogP contribution >= 0.6 is 11.8 Å². The Morgan fingerprint density at radius 2 is 2.47 bits per heavy atom. The Hall–Kier alpha value is -0.560. The monoisotopic (exact) mass is 232 g/mol. The van der Waals surface area contributed by atoms with Gasteiger partial charge in [0.1, 0.15) is 0 Å². The minimum atomic E-state index is -0.529. The molecular weight excluding hydrogens is 216 g/mol. The van der Waals surface area contributed by atoms with Crippen LogP contribution < -0.4 is 0 Å². The van der Waals surface area contributed by atoms with Crippen LogP contribution in [-0.2, 0) is 11.8 Å². The van der Waals surface area contributed by atoms with Gasteiger partial charge >= 0.3 is 0 Å². The summed E-state index contributed by atoms with van der Waals surface area (Å²) in [5, 5.41) is 18.8. The molecule has 6 heteroatoms. The zero-order valence-electron chi connectivity index (χ0n) is 8.67. The van der Waals surface area contributed by atoms with Gasteiger partial charge in [-0.1, -0.05) is 11.8 Å². The number of aliphatic hydroxyl groups excluding tert-OH is 2. The first kappa shape index (κ1) is 12.5. The molecule has 0 amide bonds. The normalized spacial score (nSPS) is 13.0. The quantitative estimate of drug-likeness (QED) is 0.507. The summed E-state index contributed by atoms with van der Waals surface area (Å²) >= 11 is 1.48. The van der Waals surface area contributed by atoms with Gasteiger partial charge < -0.3 is 19.5 Å². The van der Waals surface area contributed by atoms with Crippen molar-refractivity contribution in [1.29, 1.82) is 0 Å². The third-order valence-corrected chi connectivity index (χ3v) is 2.93. The summed E-state index contributed by atoms with van der Waals surface area (Å²) in [6, 6.07) is 0. The van der Waals surface area contributed by atoms with Crippen LogP contribution in [0, 0.1) is 0 Å². The minimum Gasteiger partial charge on any atom is -0.394 e. The molecule has 0 bridgehead atoms. The van der Waals surface area contributed by atoms with Gasteiger partial charge in [0.15, 0.2) is 5.16 Å². The molecule has 1 atom stereocenters. The van der Waals surface area contributed by atoms with Crippen LogP contribution in [-0.4, -0.2) is 51.4 Å². The predicted octanol–water partition coefficient (Wildman–Crippen LogP) is -0.118. The number of nitrogens with zero attached hydrogens (tertiary/aromatic N) is 2. The SMILES string of the molecule is Cn1ccnc1SC[C@@H](O)COCCO. The van der Waals surface area contributed by atoms with E-state index in [4.69, 9.17) is 9.84 Å². The molecule has 5 nitrogen and oxygen atoms in total. The van der Waals surface area contributed by atoms with Crippen LogP contribution in [0.25, 0.3) is 0 Å². The van der Waals surface area contributed by atoms with Crippen molar-refractivity contribution in [1.82, 2.24) is 9.55 Å². The maximum atomic E-state index is 9.50. The number of rotatable bonds is 7. The number of imidazole rings is 1. The van der Waals surface area contributed by atoms with Gasteiger partial charge in [-0.15, -0.1) is 0 Å². The van der Waals surface area contributed by atoms with Crippen LogP contribution in [0.15, 0.2) is 17.6 Å². The molecule has 15 heavy (non-hydrogen) atoms. The van der Waals surface area contributed by atoms with Gasteiger partial charge in [-0.25, -0.2) is 4.98 Å². The maximum Gasteiger partial charge on any atom is 0.167 e. The summed E-state index contributed by atoms with van der Waals surface area (Å²) in [4.78, 5) is 4.12. The van der Waals surface area contributed by atoms with Gasteiger partial charge in [0.05, 0.1) is 25.9 Å². The molecule has 0 spiro atoms. The molecule has 0 saturated carbocycles. The second-order valence-corrected chi connectivity index (χ2v) is 4.07. The zero-order chi connectivity index (χ0) is 11.1. The number of hydrogen-bond acceptors (Lipinski definition) is 5. The first-order valence-corrected chi connectivity index (χ1v) is 5.69. The lowest BCUT2D eigenvalue weighted by atomic mass is 10.4. The second kappa shape index (κ2) is 6.84. The topological polar surface area (TPSA) is 67.5 Å². The first-order valence-electron chi connectivity index (χ1n) is 4.71. The molecule has 0 aliphatic rings. The molecule has 1 heterocycles. The van der Waals surface area contributed by atoms with Crippen molar-refractivity contribution in [2.75, 3.05) is 25.6 Å². The fourth-order valence-electron chi connectivity index (χ4n) is 0.994. The maximum absolute atomic E-state index is 9.50. The van der Waals surface area contributed by atoms with Crippen LogP contribution in [0.3, 0.4) is 0 Å². The van der Waals surface area contributed by atoms with Gasteiger partial charge in [0.2, 0.25) is 0 Å². The predicted molar refractivity (Wildman–Crippen MR) is 57.8 cm³/mol. The molecule has 1 aromatic heterocycles. The molecule has 1 rings (SSSR count). The van der Waals surface area contributed by atoms with E-state index in [-0.39, 0.29) is 19.8 Å². The summed E-state index contributed by atoms with van der Waals surface area (Å²) in [5.74, 6) is 0.538. The molecule has 0 radical (unpaired) electrons. The van der Waals surface area contributed by atoms with E-state index in [1.807, 2.05) is 17.8 Å². The van der Waals surface area contributed by atoms with Crippen LogP contribution in [0.2, 0.25) is 0 Å². The van der Waals surface area contributed by atoms with Gasteiger partial charge in [0.25, 0.3) is 0 Å². The Kier molecular flexibility index (Phi) is 5.70. The molecule has 2 N–H and O–H groups in total. The zero-order valence-corrected chi connectivity index (χ0v) is 9.48. The number of thioether (sulfide) groups is 1. The minimum absolute atomic E-state index is 0.0147. The fourth-order valence-corrected chi connectivity index (χ4v) is 1.83. The van der Waals surface area contributed by atoms with Crippen LogP contribution in [0.1, 0.15) is 0 Å². The average Bonchev–Trinajstić information content (AvgIpc) is 2.61. The molecule has 0 aliphatic heterocycles. The summed E-state index contributed by atoms with van der Waals surface area (Å²) < 4.78 is 6.90. The summed E-state index contributed by atoms with van der Waals surface area (Å²) in [5.41, 5.74) is 0. The van der Waals surface area contributed by atoms with Crippen LogP contribution in [0.4, 0.5) is 0 Å². The number of aromatic nitrogens is 2. The van der Waals surface area contributed by atoms with Gasteiger partial charge in [-0.05, 0) is 0 Å². The Labute approximate surface area is 93.1 Å². The lowest BCUT2D eigenvalue weighted by Gasteiger charge is -2.09. The molecular formula is C9H16N2O3S. The van der Waals surface area contributed by atoms with E-state index in [1.54, 1.807) is 6.20 Å². The molecule has 86 valence electrons. The van der Waals surface area contributed by atoms with Crippen molar-refractivity contribution in [3.05, 3.63) is 12.4 Å². The van der Waals surface area contributed by atoms with Crippen molar-refractivity contribution in [2.24, 2.45) is 7.05 Å². The van der Waals surface area contributed by atoms with Crippen molar-refractivity contribution < 1.29 is 14.9 Å². The first-order chi connectivity index (χ1) is 7.24. The number of ether oxygens (including phenoxy) is 1. The number of hydrogen-bond donors (Lipinski definition) is 2. The van der Waals surface area contributed by atoms with E-state index < -0.39 is 6.10 Å². The lowest BCUT2D eigenvalue weighted by molar-refractivity contribution is 0.0311. The summed E-state index contributed by atoms with van der Waals surface area (Å²) in [7, 11) is 1.91. The Morgan fingerprint density at radius 1 is 1.67 bits per heavy atom. The average molecular weight is 232 g/mol. The molecule has 0 fully saturated rings. The van der Waals surface area contributed by atoms with E-state index in [0.29, 0.717) is 5.75 Å². The van der Waals surface area contributed by atoms with E-state index in [9.17, 15) is 5.11 Å². The highest BCUT2D eigenvalue weighted by Crippen LogP contribution is 2.15. The van der Waals surface area contributed by atoms with E-state index >= 15 is 0 Å². The van der Waals surface area contributed by atoms with Crippen molar-refractivity contribution >= 4 is 11.8 Å². The summed E-state index contributed by atoms with van der Waals surface area (Å²) in [6.45, 7) is 0.501. The lowest BCUT2D eigenvalue weighted by Crippen LogP contribution is -2.19. The van der Waals surface area contributed by atoms with Crippen LogP contribution in [0.5, 0.6) is 0 Å². The van der Waals surface area contributed by atoms with Gasteiger partial charge in [-0.2, -0.15) is 0 Å². The smallest absolute Gasteiger partial charge is 0.167 e. The van der Waals surface area contributed by atoms with Crippen molar-refractivity contribution in [2.45, 2.75) is 11.3 Å². The highest BCUT2D eigenvalue weighted by atomic mass is 32.2. The highest BCUT2D eigenvalue weighted by molar-refractivity contribution is 7.99. The fraction of sp³-hybridized carbons (Fsp3) is 0.667. The van der Waals surface area contributed by atoms with Crippen molar-refractivity contribution in [3.8, 4) is 0 Å². The summed E-state index contributed by atoms with van der Waals surface area (Å²) in [6.07, 6.45) is 3.05. The van der Waals surface area contributed by atoms with E-state index in [2.05, 4.69) is 4.98 Å². The van der Waals surface area contributed by atoms with Crippen molar-refractivity contribution in [3.63, 3.8) is 0 Å². The molecule has 0 aliphatic carbocycles. The van der Waals surface area contributed by atoms with Gasteiger partial charge in [0, 0.05) is 25.2 Å². The van der Waals surface area contributed by atoms with Gasteiger partial charge in [-0.3, -0.25) is 0 Å². The second-order valence-electron chi connectivity index (χ2n) is 3.08. The molecule has 0 saturated heterocycles.